The number of aliphatic hydroxyl groups is 1. The van der Waals surface area contributed by atoms with E-state index in [0.717, 1.165) is 22.0 Å². The molecule has 0 bridgehead atoms. The number of hydrogen-bond acceptors (Lipinski definition) is 4. The molecule has 0 radical (unpaired) electrons. The number of benzene rings is 2. The van der Waals surface area contributed by atoms with Crippen LogP contribution in [0.5, 0.6) is 0 Å². The molecule has 102 valence electrons. The molecule has 0 aliphatic heterocycles. The van der Waals surface area contributed by atoms with Crippen molar-refractivity contribution in [2.75, 3.05) is 0 Å². The van der Waals surface area contributed by atoms with Crippen LogP contribution in [0.25, 0.3) is 27.7 Å². The first kappa shape index (κ1) is 12.0. The monoisotopic (exact) mass is 276 g/mol. The minimum Gasteiger partial charge on any atom is -0.388 e. The highest BCUT2D eigenvalue weighted by Crippen LogP contribution is 2.28. The van der Waals surface area contributed by atoms with Crippen LogP contribution in [0.1, 0.15) is 5.82 Å². The standard InChI is InChI=1S/C16H12N4O/c21-10-14-17-18-16-13-9-5-4-8-12(13)15(19-20(14)16)11-6-2-1-3-7-11/h1-9,21H,10H2. The van der Waals surface area contributed by atoms with Gasteiger partial charge in [0.2, 0.25) is 0 Å². The van der Waals surface area contributed by atoms with Crippen LogP contribution in [0.15, 0.2) is 54.6 Å². The minimum absolute atomic E-state index is 0.194. The lowest BCUT2D eigenvalue weighted by Gasteiger charge is -2.07. The molecule has 5 heteroatoms. The normalized spacial score (nSPS) is 11.3. The zero-order valence-corrected chi connectivity index (χ0v) is 11.1. The van der Waals surface area contributed by atoms with E-state index in [0.29, 0.717) is 11.5 Å². The van der Waals surface area contributed by atoms with Gasteiger partial charge < -0.3 is 5.11 Å². The minimum atomic E-state index is -0.194. The summed E-state index contributed by atoms with van der Waals surface area (Å²) in [6.45, 7) is -0.194. The van der Waals surface area contributed by atoms with Crippen molar-refractivity contribution in [1.29, 1.82) is 0 Å². The highest BCUT2D eigenvalue weighted by Gasteiger charge is 2.14. The van der Waals surface area contributed by atoms with Crippen molar-refractivity contribution in [2.24, 2.45) is 0 Å². The molecule has 0 unspecified atom stereocenters. The maximum absolute atomic E-state index is 9.39. The summed E-state index contributed by atoms with van der Waals surface area (Å²) in [5.74, 6) is 0.438. The molecule has 21 heavy (non-hydrogen) atoms. The Hall–Kier alpha value is -2.79. The largest absolute Gasteiger partial charge is 0.388 e. The zero-order chi connectivity index (χ0) is 14.2. The summed E-state index contributed by atoms with van der Waals surface area (Å²) in [6, 6.07) is 17.9. The number of fused-ring (bicyclic) bond motifs is 3. The Morgan fingerprint density at radius 2 is 1.57 bits per heavy atom. The van der Waals surface area contributed by atoms with Crippen LogP contribution in [0.2, 0.25) is 0 Å². The first-order valence-corrected chi connectivity index (χ1v) is 6.68. The molecule has 2 heterocycles. The molecule has 0 fully saturated rings. The third-order valence-electron chi connectivity index (χ3n) is 3.52. The predicted molar refractivity (Wildman–Crippen MR) is 79.6 cm³/mol. The van der Waals surface area contributed by atoms with Crippen molar-refractivity contribution in [1.82, 2.24) is 19.8 Å². The van der Waals surface area contributed by atoms with E-state index in [1.165, 1.54) is 0 Å². The van der Waals surface area contributed by atoms with Crippen molar-refractivity contribution >= 4 is 16.4 Å². The summed E-state index contributed by atoms with van der Waals surface area (Å²) < 4.78 is 1.62. The van der Waals surface area contributed by atoms with Gasteiger partial charge in [0.25, 0.3) is 0 Å². The Morgan fingerprint density at radius 3 is 2.33 bits per heavy atom. The number of hydrogen-bond donors (Lipinski definition) is 1. The van der Waals surface area contributed by atoms with Crippen LogP contribution < -0.4 is 0 Å². The molecule has 2 aromatic heterocycles. The molecule has 0 amide bonds. The molecule has 0 aliphatic rings. The average molecular weight is 276 g/mol. The topological polar surface area (TPSA) is 63.3 Å². The maximum atomic E-state index is 9.39. The van der Waals surface area contributed by atoms with Crippen molar-refractivity contribution in [3.8, 4) is 11.3 Å². The molecule has 0 saturated carbocycles. The molecule has 4 rings (SSSR count). The molecular weight excluding hydrogens is 264 g/mol. The third-order valence-corrected chi connectivity index (χ3v) is 3.52. The molecule has 4 aromatic rings. The number of aromatic nitrogens is 4. The molecule has 0 saturated heterocycles. The van der Waals surface area contributed by atoms with E-state index in [4.69, 9.17) is 0 Å². The van der Waals surface area contributed by atoms with Gasteiger partial charge in [-0.15, -0.1) is 10.2 Å². The summed E-state index contributed by atoms with van der Waals surface area (Å²) in [6.07, 6.45) is 0. The Bertz CT molecular complexity index is 931. The van der Waals surface area contributed by atoms with Crippen LogP contribution >= 0.6 is 0 Å². The number of aliphatic hydroxyl groups excluding tert-OH is 1. The van der Waals surface area contributed by atoms with Gasteiger partial charge in [-0.05, 0) is 0 Å². The van der Waals surface area contributed by atoms with E-state index in [2.05, 4.69) is 15.3 Å². The van der Waals surface area contributed by atoms with Gasteiger partial charge in [0.15, 0.2) is 11.5 Å². The van der Waals surface area contributed by atoms with Gasteiger partial charge in [0.05, 0.1) is 5.69 Å². The fraction of sp³-hybridized carbons (Fsp3) is 0.0625. The molecule has 0 atom stereocenters. The van der Waals surface area contributed by atoms with Gasteiger partial charge in [0, 0.05) is 16.3 Å². The van der Waals surface area contributed by atoms with E-state index in [1.807, 2.05) is 54.6 Å². The zero-order valence-electron chi connectivity index (χ0n) is 11.1. The van der Waals surface area contributed by atoms with E-state index < -0.39 is 0 Å². The Kier molecular flexibility index (Phi) is 2.65. The summed E-state index contributed by atoms with van der Waals surface area (Å²) in [5.41, 5.74) is 2.54. The van der Waals surface area contributed by atoms with Crippen molar-refractivity contribution in [2.45, 2.75) is 6.61 Å². The first-order valence-electron chi connectivity index (χ1n) is 6.68. The molecule has 0 spiro atoms. The number of nitrogens with zero attached hydrogens (tertiary/aromatic N) is 4. The molecular formula is C16H12N4O. The molecule has 0 aliphatic carbocycles. The van der Waals surface area contributed by atoms with Crippen LogP contribution in [-0.2, 0) is 6.61 Å². The van der Waals surface area contributed by atoms with Crippen LogP contribution in [0.4, 0.5) is 0 Å². The van der Waals surface area contributed by atoms with Crippen molar-refractivity contribution in [3.05, 3.63) is 60.4 Å². The lowest BCUT2D eigenvalue weighted by atomic mass is 10.1. The second-order valence-electron chi connectivity index (χ2n) is 4.77. The molecule has 5 nitrogen and oxygen atoms in total. The lowest BCUT2D eigenvalue weighted by molar-refractivity contribution is 0.268. The highest BCUT2D eigenvalue weighted by atomic mass is 16.3. The molecule has 1 N–H and O–H groups in total. The average Bonchev–Trinajstić information content (AvgIpc) is 2.98. The van der Waals surface area contributed by atoms with Gasteiger partial charge in [0.1, 0.15) is 6.61 Å². The summed E-state index contributed by atoms with van der Waals surface area (Å²) in [5, 5.41) is 24.2. The van der Waals surface area contributed by atoms with Crippen molar-refractivity contribution < 1.29 is 5.11 Å². The Balaban J connectivity index is 2.17. The fourth-order valence-corrected chi connectivity index (χ4v) is 2.53. The smallest absolute Gasteiger partial charge is 0.185 e. The second kappa shape index (κ2) is 4.64. The lowest BCUT2D eigenvalue weighted by Crippen LogP contribution is -2.01. The van der Waals surface area contributed by atoms with E-state index in [9.17, 15) is 5.11 Å². The first-order chi connectivity index (χ1) is 10.4. The van der Waals surface area contributed by atoms with E-state index in [1.54, 1.807) is 4.52 Å². The second-order valence-corrected chi connectivity index (χ2v) is 4.77. The van der Waals surface area contributed by atoms with Gasteiger partial charge >= 0.3 is 0 Å². The summed E-state index contributed by atoms with van der Waals surface area (Å²) in [4.78, 5) is 0. The van der Waals surface area contributed by atoms with Crippen LogP contribution in [0, 0.1) is 0 Å². The Labute approximate surface area is 120 Å². The highest BCUT2D eigenvalue weighted by molar-refractivity contribution is 6.01. The quantitative estimate of drug-likeness (QED) is 0.611. The van der Waals surface area contributed by atoms with Crippen LogP contribution in [0.3, 0.4) is 0 Å². The van der Waals surface area contributed by atoms with Crippen molar-refractivity contribution in [3.63, 3.8) is 0 Å². The fourth-order valence-electron chi connectivity index (χ4n) is 2.53. The van der Waals surface area contributed by atoms with E-state index >= 15 is 0 Å². The van der Waals surface area contributed by atoms with Gasteiger partial charge in [-0.2, -0.15) is 9.61 Å². The van der Waals surface area contributed by atoms with Gasteiger partial charge in [-0.25, -0.2) is 0 Å². The van der Waals surface area contributed by atoms with Gasteiger partial charge in [-0.3, -0.25) is 0 Å². The SMILES string of the molecule is OCc1nnc2c3ccccc3c(-c3ccccc3)nn12. The maximum Gasteiger partial charge on any atom is 0.185 e. The van der Waals surface area contributed by atoms with Gasteiger partial charge in [-0.1, -0.05) is 54.6 Å². The summed E-state index contributed by atoms with van der Waals surface area (Å²) >= 11 is 0. The predicted octanol–water partition coefficient (Wildman–Crippen LogP) is 2.44. The summed E-state index contributed by atoms with van der Waals surface area (Å²) in [7, 11) is 0. The van der Waals surface area contributed by atoms with E-state index in [-0.39, 0.29) is 6.61 Å². The number of rotatable bonds is 2. The molecule has 2 aromatic carbocycles. The third kappa shape index (κ3) is 1.79. The van der Waals surface area contributed by atoms with Crippen LogP contribution in [-0.4, -0.2) is 24.9 Å². The Morgan fingerprint density at radius 1 is 0.857 bits per heavy atom.